The minimum absolute atomic E-state index is 0.197. The van der Waals surface area contributed by atoms with Gasteiger partial charge in [-0.15, -0.1) is 0 Å². The Morgan fingerprint density at radius 3 is 2.23 bits per heavy atom. The first kappa shape index (κ1) is 18.3. The lowest BCUT2D eigenvalue weighted by Gasteiger charge is -2.20. The second-order valence-electron chi connectivity index (χ2n) is 5.22. The molecule has 1 rings (SSSR count). The summed E-state index contributed by atoms with van der Waals surface area (Å²) in [6, 6.07) is 7.02. The van der Waals surface area contributed by atoms with Gasteiger partial charge in [0, 0.05) is 11.9 Å². The highest BCUT2D eigenvalue weighted by Gasteiger charge is 2.19. The maximum atomic E-state index is 11.9. The van der Waals surface area contributed by atoms with Crippen LogP contribution in [0.15, 0.2) is 24.3 Å². The van der Waals surface area contributed by atoms with E-state index in [1.165, 1.54) is 6.92 Å². The summed E-state index contributed by atoms with van der Waals surface area (Å²) in [5.74, 6) is -0.684. The predicted octanol–water partition coefficient (Wildman–Crippen LogP) is 4.06. The van der Waals surface area contributed by atoms with Crippen molar-refractivity contribution >= 4 is 23.7 Å². The van der Waals surface area contributed by atoms with Gasteiger partial charge in [-0.1, -0.05) is 44.5 Å². The van der Waals surface area contributed by atoms with E-state index in [4.69, 9.17) is 21.1 Å². The Labute approximate surface area is 135 Å². The Morgan fingerprint density at radius 2 is 1.73 bits per heavy atom. The lowest BCUT2D eigenvalue weighted by molar-refractivity contribution is -0.168. The maximum Gasteiger partial charge on any atom is 0.410 e. The number of esters is 1. The van der Waals surface area contributed by atoms with Crippen LogP contribution in [0.25, 0.3) is 0 Å². The first-order valence-corrected chi connectivity index (χ1v) is 7.64. The van der Waals surface area contributed by atoms with E-state index in [1.807, 2.05) is 19.1 Å². The lowest BCUT2D eigenvalue weighted by Crippen LogP contribution is -2.33. The normalized spacial score (nSPS) is 13.4. The van der Waals surface area contributed by atoms with E-state index in [-0.39, 0.29) is 12.0 Å². The molecule has 22 heavy (non-hydrogen) atoms. The molecule has 0 aromatic heterocycles. The molecule has 5 nitrogen and oxygen atoms in total. The van der Waals surface area contributed by atoms with Crippen molar-refractivity contribution in [3.05, 3.63) is 34.9 Å². The number of alkyl carbamates (subject to hydrolysis) is 1. The molecule has 0 aliphatic rings. The van der Waals surface area contributed by atoms with E-state index in [1.54, 1.807) is 26.0 Å². The number of ether oxygens (including phenoxy) is 2. The second kappa shape index (κ2) is 8.63. The molecule has 0 fully saturated rings. The monoisotopic (exact) mass is 327 g/mol. The Bertz CT molecular complexity index is 501. The van der Waals surface area contributed by atoms with Gasteiger partial charge in [-0.2, -0.15) is 0 Å². The van der Waals surface area contributed by atoms with E-state index in [0.717, 1.165) is 5.56 Å². The zero-order valence-corrected chi connectivity index (χ0v) is 14.0. The Hall–Kier alpha value is -1.75. The van der Waals surface area contributed by atoms with Crippen molar-refractivity contribution in [1.82, 2.24) is 5.32 Å². The predicted molar refractivity (Wildman–Crippen MR) is 84.5 cm³/mol. The van der Waals surface area contributed by atoms with Gasteiger partial charge in [-0.3, -0.25) is 4.79 Å². The summed E-state index contributed by atoms with van der Waals surface area (Å²) in [5, 5.41) is 3.37. The fourth-order valence-corrected chi connectivity index (χ4v) is 1.89. The third kappa shape index (κ3) is 5.93. The van der Waals surface area contributed by atoms with Gasteiger partial charge in [0.05, 0.1) is 12.0 Å². The van der Waals surface area contributed by atoms with Crippen LogP contribution in [0.3, 0.4) is 0 Å². The van der Waals surface area contributed by atoms with Crippen molar-refractivity contribution < 1.29 is 19.1 Å². The highest BCUT2D eigenvalue weighted by molar-refractivity contribution is 6.30. The first-order valence-electron chi connectivity index (χ1n) is 7.26. The Balaban J connectivity index is 2.55. The van der Waals surface area contributed by atoms with Gasteiger partial charge in [0.25, 0.3) is 0 Å². The second-order valence-corrected chi connectivity index (χ2v) is 5.66. The van der Waals surface area contributed by atoms with Crippen LogP contribution in [-0.4, -0.2) is 18.4 Å². The van der Waals surface area contributed by atoms with E-state index in [2.05, 4.69) is 5.32 Å². The third-order valence-corrected chi connectivity index (χ3v) is 3.25. The molecule has 122 valence electrons. The molecule has 0 heterocycles. The Morgan fingerprint density at radius 1 is 1.14 bits per heavy atom. The van der Waals surface area contributed by atoms with Crippen LogP contribution in [0.4, 0.5) is 4.79 Å². The minimum Gasteiger partial charge on any atom is -0.425 e. The molecule has 6 heteroatoms. The van der Waals surface area contributed by atoms with Gasteiger partial charge in [0.2, 0.25) is 6.29 Å². The van der Waals surface area contributed by atoms with Crippen LogP contribution in [0.2, 0.25) is 5.02 Å². The number of halogens is 1. The zero-order chi connectivity index (χ0) is 16.7. The van der Waals surface area contributed by atoms with E-state index < -0.39 is 18.4 Å². The van der Waals surface area contributed by atoms with Crippen LogP contribution >= 0.6 is 11.6 Å². The minimum atomic E-state index is -0.933. The van der Waals surface area contributed by atoms with Crippen molar-refractivity contribution in [2.45, 2.75) is 46.4 Å². The summed E-state index contributed by atoms with van der Waals surface area (Å²) in [6.07, 6.45) is -0.875. The van der Waals surface area contributed by atoms with Gasteiger partial charge in [-0.25, -0.2) is 4.79 Å². The summed E-state index contributed by atoms with van der Waals surface area (Å²) in [6.45, 7) is 6.87. The molecular weight excluding hydrogens is 306 g/mol. The van der Waals surface area contributed by atoms with Crippen molar-refractivity contribution in [2.24, 2.45) is 5.92 Å². The fourth-order valence-electron chi connectivity index (χ4n) is 1.77. The first-order chi connectivity index (χ1) is 10.3. The number of amides is 1. The molecule has 1 N–H and O–H groups in total. The smallest absolute Gasteiger partial charge is 0.410 e. The van der Waals surface area contributed by atoms with E-state index in [0.29, 0.717) is 11.4 Å². The van der Waals surface area contributed by atoms with Crippen LogP contribution in [0.1, 0.15) is 45.7 Å². The topological polar surface area (TPSA) is 64.6 Å². The van der Waals surface area contributed by atoms with Gasteiger partial charge in [-0.05, 0) is 24.1 Å². The molecule has 0 aliphatic heterocycles. The number of hydrogen-bond acceptors (Lipinski definition) is 4. The van der Waals surface area contributed by atoms with Crippen LogP contribution < -0.4 is 5.32 Å². The number of nitrogens with one attached hydrogen (secondary N) is 1. The summed E-state index contributed by atoms with van der Waals surface area (Å²) in [7, 11) is 0. The number of benzene rings is 1. The Kier molecular flexibility index (Phi) is 7.18. The summed E-state index contributed by atoms with van der Waals surface area (Å²) >= 11 is 5.85. The number of hydrogen-bond donors (Lipinski definition) is 1. The molecule has 0 aliphatic carbocycles. The zero-order valence-electron chi connectivity index (χ0n) is 13.3. The number of carbonyl (C=O) groups is 2. The highest BCUT2D eigenvalue weighted by Crippen LogP contribution is 2.19. The third-order valence-electron chi connectivity index (χ3n) is 3.00. The fraction of sp³-hybridized carbons (Fsp3) is 0.500. The largest absolute Gasteiger partial charge is 0.425 e. The molecule has 0 radical (unpaired) electrons. The molecular formula is C16H22ClNO4. The number of carbonyl (C=O) groups excluding carboxylic acids is 2. The highest BCUT2D eigenvalue weighted by atomic mass is 35.5. The van der Waals surface area contributed by atoms with E-state index >= 15 is 0 Å². The van der Waals surface area contributed by atoms with Gasteiger partial charge >= 0.3 is 12.1 Å². The van der Waals surface area contributed by atoms with Crippen molar-refractivity contribution in [1.29, 1.82) is 0 Å². The summed E-state index contributed by atoms with van der Waals surface area (Å²) < 4.78 is 10.0. The number of rotatable bonds is 6. The molecule has 0 saturated carbocycles. The average molecular weight is 328 g/mol. The lowest BCUT2D eigenvalue weighted by atomic mass is 10.1. The van der Waals surface area contributed by atoms with Crippen molar-refractivity contribution in [3.8, 4) is 0 Å². The van der Waals surface area contributed by atoms with Crippen LogP contribution in [0, 0.1) is 5.92 Å². The molecule has 0 spiro atoms. The average Bonchev–Trinajstić information content (AvgIpc) is 2.45. The van der Waals surface area contributed by atoms with Gasteiger partial charge in [0.15, 0.2) is 0 Å². The van der Waals surface area contributed by atoms with Crippen LogP contribution in [0.5, 0.6) is 0 Å². The van der Waals surface area contributed by atoms with Crippen molar-refractivity contribution in [3.63, 3.8) is 0 Å². The van der Waals surface area contributed by atoms with Crippen molar-refractivity contribution in [2.75, 3.05) is 0 Å². The standard InChI is InChI=1S/C16H22ClNO4/c1-5-14(12-6-8-13(17)9-7-12)18-16(20)22-11(4)21-15(19)10(2)3/h6-11,14H,5H2,1-4H3,(H,18,20). The summed E-state index contributed by atoms with van der Waals surface area (Å²) in [4.78, 5) is 23.3. The molecule has 2 unspecified atom stereocenters. The molecule has 1 aromatic rings. The van der Waals surface area contributed by atoms with Gasteiger partial charge < -0.3 is 14.8 Å². The molecule has 2 atom stereocenters. The maximum absolute atomic E-state index is 11.9. The van der Waals surface area contributed by atoms with E-state index in [9.17, 15) is 9.59 Å². The summed E-state index contributed by atoms with van der Waals surface area (Å²) in [5.41, 5.74) is 0.927. The quantitative estimate of drug-likeness (QED) is 0.632. The molecule has 1 aromatic carbocycles. The molecule has 0 bridgehead atoms. The molecule has 0 saturated heterocycles. The van der Waals surface area contributed by atoms with Crippen LogP contribution in [-0.2, 0) is 14.3 Å². The SMILES string of the molecule is CCC(NC(=O)OC(C)OC(=O)C(C)C)c1ccc(Cl)cc1. The molecule has 1 amide bonds. The van der Waals surface area contributed by atoms with Gasteiger partial charge in [0.1, 0.15) is 0 Å².